The average molecular weight is 495 g/mol. The molecule has 0 aliphatic heterocycles. The lowest BCUT2D eigenvalue weighted by molar-refractivity contribution is -0.142. The Morgan fingerprint density at radius 2 is 1.62 bits per heavy atom. The second-order valence-corrected chi connectivity index (χ2v) is 9.73. The average Bonchev–Trinajstić information content (AvgIpc) is 2.77. The molecule has 188 valence electrons. The molecule has 0 aromatic heterocycles. The Bertz CT molecular complexity index is 845. The van der Waals surface area contributed by atoms with Gasteiger partial charge in [0.05, 0.1) is 12.4 Å². The molecule has 34 heavy (non-hydrogen) atoms. The first-order valence-electron chi connectivity index (χ1n) is 11.1. The van der Waals surface area contributed by atoms with Crippen LogP contribution in [0.5, 0.6) is 0 Å². The third-order valence-electron chi connectivity index (χ3n) is 4.91. The first-order chi connectivity index (χ1) is 16.0. The predicted molar refractivity (Wildman–Crippen MR) is 129 cm³/mol. The Morgan fingerprint density at radius 1 is 1.00 bits per heavy atom. The van der Waals surface area contributed by atoms with Crippen molar-refractivity contribution in [2.75, 3.05) is 7.11 Å². The summed E-state index contributed by atoms with van der Waals surface area (Å²) in [4.78, 5) is 60.7. The summed E-state index contributed by atoms with van der Waals surface area (Å²) >= 11 is 0.831. The number of nitrogens with one attached hydrogen (secondary N) is 2. The van der Waals surface area contributed by atoms with Crippen LogP contribution >= 0.6 is 11.8 Å². The maximum absolute atomic E-state index is 13.0. The van der Waals surface area contributed by atoms with Gasteiger partial charge in [0.2, 0.25) is 11.8 Å². The van der Waals surface area contributed by atoms with Crippen molar-refractivity contribution in [2.45, 2.75) is 70.2 Å². The number of rotatable bonds is 14. The molecule has 0 heterocycles. The molecule has 0 aliphatic carbocycles. The van der Waals surface area contributed by atoms with Gasteiger partial charge in [-0.3, -0.25) is 19.2 Å². The quantitative estimate of drug-likeness (QED) is 0.335. The number of thioether (sulfide) groups is 1. The van der Waals surface area contributed by atoms with E-state index in [-0.39, 0.29) is 36.7 Å². The Morgan fingerprint density at radius 3 is 2.15 bits per heavy atom. The van der Waals surface area contributed by atoms with Crippen molar-refractivity contribution < 1.29 is 33.8 Å². The van der Waals surface area contributed by atoms with Crippen LogP contribution in [0.15, 0.2) is 30.3 Å². The highest BCUT2D eigenvalue weighted by Crippen LogP contribution is 2.20. The van der Waals surface area contributed by atoms with Gasteiger partial charge in [-0.2, -0.15) is 0 Å². The van der Waals surface area contributed by atoms with Gasteiger partial charge in [-0.15, -0.1) is 0 Å². The minimum atomic E-state index is -1.18. The van der Waals surface area contributed by atoms with Gasteiger partial charge in [-0.1, -0.05) is 55.9 Å². The number of hydrogen-bond acceptors (Lipinski definition) is 7. The number of benzene rings is 1. The summed E-state index contributed by atoms with van der Waals surface area (Å²) in [5.41, 5.74) is 0.753. The summed E-state index contributed by atoms with van der Waals surface area (Å²) < 4.78 is 4.60. The Labute approximate surface area is 204 Å². The summed E-state index contributed by atoms with van der Waals surface area (Å²) in [6.07, 6.45) is 1.07. The molecule has 1 aromatic rings. The molecule has 0 bridgehead atoms. The van der Waals surface area contributed by atoms with Crippen LogP contribution < -0.4 is 10.6 Å². The van der Waals surface area contributed by atoms with E-state index in [1.807, 2.05) is 19.9 Å². The van der Waals surface area contributed by atoms with Crippen molar-refractivity contribution in [3.63, 3.8) is 0 Å². The summed E-state index contributed by atoms with van der Waals surface area (Å²) in [6, 6.07) is 6.79. The van der Waals surface area contributed by atoms with Crippen molar-refractivity contribution >= 4 is 40.6 Å². The fourth-order valence-corrected chi connectivity index (χ4v) is 4.13. The van der Waals surface area contributed by atoms with Gasteiger partial charge in [0.1, 0.15) is 12.1 Å². The van der Waals surface area contributed by atoms with Gasteiger partial charge >= 0.3 is 11.9 Å². The summed E-state index contributed by atoms with van der Waals surface area (Å²) in [7, 11) is 1.27. The normalized spacial score (nSPS) is 13.4. The SMILES string of the molecule is COC(=O)CCCC(SC(C)=O)C(=O)N[C@@H](CC(C)C)C(=O)N[C@@H](Cc1ccccc1)C(=O)O. The van der Waals surface area contributed by atoms with Crippen LogP contribution in [-0.2, 0) is 35.1 Å². The van der Waals surface area contributed by atoms with Gasteiger partial charge in [0, 0.05) is 19.8 Å². The second-order valence-electron chi connectivity index (χ2n) is 8.35. The van der Waals surface area contributed by atoms with Gasteiger partial charge in [0.25, 0.3) is 0 Å². The molecule has 0 saturated carbocycles. The highest BCUT2D eigenvalue weighted by molar-refractivity contribution is 8.14. The van der Waals surface area contributed by atoms with E-state index >= 15 is 0 Å². The van der Waals surface area contributed by atoms with E-state index in [9.17, 15) is 29.1 Å². The minimum Gasteiger partial charge on any atom is -0.480 e. The van der Waals surface area contributed by atoms with E-state index in [1.165, 1.54) is 14.0 Å². The van der Waals surface area contributed by atoms with E-state index in [4.69, 9.17) is 0 Å². The van der Waals surface area contributed by atoms with Gasteiger partial charge in [0.15, 0.2) is 5.12 Å². The second kappa shape index (κ2) is 15.1. The number of carboxylic acids is 1. The maximum atomic E-state index is 13.0. The smallest absolute Gasteiger partial charge is 0.326 e. The lowest BCUT2D eigenvalue weighted by atomic mass is 10.0. The standard InChI is InChI=1S/C24H34N2O7S/c1-15(2)13-18(22(29)26-19(24(31)32)14-17-9-6-5-7-10-17)25-23(30)20(34-16(3)27)11-8-12-21(28)33-4/h5-7,9-10,15,18-20H,8,11-14H2,1-4H3,(H,25,30)(H,26,29)(H,31,32)/t18-,19-,20?/m0/s1. The Kier molecular flexibility index (Phi) is 13.0. The number of carboxylic acid groups (broad SMARTS) is 1. The topological polar surface area (TPSA) is 139 Å². The summed E-state index contributed by atoms with van der Waals surface area (Å²) in [5, 5.41) is 13.8. The van der Waals surface area contributed by atoms with Crippen LogP contribution in [0.4, 0.5) is 0 Å². The van der Waals surface area contributed by atoms with Crippen molar-refractivity contribution in [1.82, 2.24) is 10.6 Å². The molecule has 10 heteroatoms. The molecular weight excluding hydrogens is 460 g/mol. The number of carbonyl (C=O) groups is 5. The molecule has 0 fully saturated rings. The van der Waals surface area contributed by atoms with Crippen molar-refractivity contribution in [1.29, 1.82) is 0 Å². The predicted octanol–water partition coefficient (Wildman–Crippen LogP) is 2.32. The highest BCUT2D eigenvalue weighted by atomic mass is 32.2. The molecule has 1 rings (SSSR count). The van der Waals surface area contributed by atoms with Crippen LogP contribution in [0.1, 0.15) is 52.0 Å². The molecule has 1 unspecified atom stereocenters. The summed E-state index contributed by atoms with van der Waals surface area (Å²) in [5.74, 6) is -2.68. The number of esters is 1. The van der Waals surface area contributed by atoms with Crippen molar-refractivity contribution in [3.05, 3.63) is 35.9 Å². The van der Waals surface area contributed by atoms with E-state index in [0.717, 1.165) is 17.3 Å². The van der Waals surface area contributed by atoms with E-state index in [0.29, 0.717) is 6.42 Å². The number of amides is 2. The third kappa shape index (κ3) is 11.3. The molecule has 9 nitrogen and oxygen atoms in total. The largest absolute Gasteiger partial charge is 0.480 e. The lowest BCUT2D eigenvalue weighted by Gasteiger charge is -2.24. The van der Waals surface area contributed by atoms with Gasteiger partial charge in [-0.05, 0) is 30.7 Å². The molecule has 0 spiro atoms. The maximum Gasteiger partial charge on any atom is 0.326 e. The molecule has 3 atom stereocenters. The zero-order valence-corrected chi connectivity index (χ0v) is 20.9. The van der Waals surface area contributed by atoms with Crippen LogP contribution in [0.2, 0.25) is 0 Å². The van der Waals surface area contributed by atoms with Crippen molar-refractivity contribution in [2.24, 2.45) is 5.92 Å². The molecule has 2 amide bonds. The Hall–Kier alpha value is -2.88. The molecule has 1 aromatic carbocycles. The number of carbonyl (C=O) groups excluding carboxylic acids is 4. The fourth-order valence-electron chi connectivity index (χ4n) is 3.27. The van der Waals surface area contributed by atoms with Crippen LogP contribution in [0.3, 0.4) is 0 Å². The summed E-state index contributed by atoms with van der Waals surface area (Å²) in [6.45, 7) is 5.09. The fraction of sp³-hybridized carbons (Fsp3) is 0.542. The van der Waals surface area contributed by atoms with Crippen LogP contribution in [0, 0.1) is 5.92 Å². The monoisotopic (exact) mass is 494 g/mol. The Balaban J connectivity index is 2.91. The molecule has 3 N–H and O–H groups in total. The van der Waals surface area contributed by atoms with Crippen LogP contribution in [-0.4, -0.2) is 58.4 Å². The number of aliphatic carboxylic acids is 1. The van der Waals surface area contributed by atoms with E-state index in [2.05, 4.69) is 15.4 Å². The highest BCUT2D eigenvalue weighted by Gasteiger charge is 2.30. The third-order valence-corrected chi connectivity index (χ3v) is 5.98. The molecule has 0 radical (unpaired) electrons. The lowest BCUT2D eigenvalue weighted by Crippen LogP contribution is -2.54. The molecule has 0 saturated heterocycles. The number of methoxy groups -OCH3 is 1. The van der Waals surface area contributed by atoms with Crippen molar-refractivity contribution in [3.8, 4) is 0 Å². The first kappa shape index (κ1) is 29.2. The van der Waals surface area contributed by atoms with E-state index < -0.39 is 41.1 Å². The zero-order valence-electron chi connectivity index (χ0n) is 20.0. The van der Waals surface area contributed by atoms with Gasteiger partial charge in [-0.25, -0.2) is 4.79 Å². The zero-order chi connectivity index (χ0) is 25.7. The first-order valence-corrected chi connectivity index (χ1v) is 12.0. The number of hydrogen-bond donors (Lipinski definition) is 3. The minimum absolute atomic E-state index is 0.0340. The van der Waals surface area contributed by atoms with Crippen LogP contribution in [0.25, 0.3) is 0 Å². The van der Waals surface area contributed by atoms with Gasteiger partial charge < -0.3 is 20.5 Å². The molecular formula is C24H34N2O7S. The number of ether oxygens (including phenoxy) is 1. The molecule has 0 aliphatic rings. The van der Waals surface area contributed by atoms with E-state index in [1.54, 1.807) is 24.3 Å².